The molecule has 0 spiro atoms. The first kappa shape index (κ1) is 14.9. The van der Waals surface area contributed by atoms with E-state index in [0.717, 1.165) is 25.7 Å². The van der Waals surface area contributed by atoms with Gasteiger partial charge in [-0.05, 0) is 49.7 Å². The van der Waals surface area contributed by atoms with Gasteiger partial charge in [-0.3, -0.25) is 0 Å². The quantitative estimate of drug-likeness (QED) is 0.614. The molecule has 0 atom stereocenters. The third kappa shape index (κ3) is 6.00. The van der Waals surface area contributed by atoms with Crippen LogP contribution < -0.4 is 0 Å². The Hall–Kier alpha value is -1.11. The molecule has 0 saturated carbocycles. The average molecular weight is 246 g/mol. The molecule has 0 saturated heterocycles. The zero-order chi connectivity index (χ0) is 13.4. The minimum absolute atomic E-state index is 0.315. The number of unbranched alkanes of at least 4 members (excludes halogenated alkanes) is 2. The number of hydrogen-bond donors (Lipinski definition) is 0. The molecule has 0 aromatic heterocycles. The molecule has 0 bridgehead atoms. The molecule has 0 fully saturated rings. The Morgan fingerprint density at radius 1 is 1.06 bits per heavy atom. The van der Waals surface area contributed by atoms with E-state index in [4.69, 9.17) is 0 Å². The molecule has 1 rings (SSSR count). The van der Waals surface area contributed by atoms with E-state index in [-0.39, 0.29) is 0 Å². The highest BCUT2D eigenvalue weighted by Crippen LogP contribution is 2.16. The highest BCUT2D eigenvalue weighted by Gasteiger charge is 2.04. The van der Waals surface area contributed by atoms with Crippen LogP contribution in [0.3, 0.4) is 0 Å². The van der Waals surface area contributed by atoms with Gasteiger partial charge >= 0.3 is 0 Å². The number of hydrogen-bond acceptors (Lipinski definition) is 1. The van der Waals surface area contributed by atoms with E-state index in [1.54, 1.807) is 6.92 Å². The molecule has 1 aromatic rings. The molecule has 1 heteroatoms. The van der Waals surface area contributed by atoms with Crippen LogP contribution in [0.25, 0.3) is 0 Å². The normalized spacial score (nSPS) is 10.9. The first-order valence-corrected chi connectivity index (χ1v) is 7.16. The Morgan fingerprint density at radius 3 is 2.33 bits per heavy atom. The monoisotopic (exact) mass is 246 g/mol. The molecule has 1 nitrogen and oxygen atoms in total. The third-order valence-corrected chi connectivity index (χ3v) is 3.22. The molecule has 0 aliphatic rings. The highest BCUT2D eigenvalue weighted by atomic mass is 16.1. The number of benzene rings is 1. The lowest BCUT2D eigenvalue weighted by Gasteiger charge is -2.11. The Bertz CT molecular complexity index is 366. The molecule has 0 amide bonds. The van der Waals surface area contributed by atoms with Crippen LogP contribution in [0.1, 0.15) is 57.6 Å². The number of aryl methyl sites for hydroxylation is 1. The third-order valence-electron chi connectivity index (χ3n) is 3.22. The maximum Gasteiger partial charge on any atom is 0.129 e. The maximum atomic E-state index is 10.9. The summed E-state index contributed by atoms with van der Waals surface area (Å²) in [6.07, 6.45) is 6.47. The van der Waals surface area contributed by atoms with Gasteiger partial charge in [-0.1, -0.05) is 44.5 Å². The van der Waals surface area contributed by atoms with Crippen molar-refractivity contribution in [2.45, 2.75) is 59.3 Å². The summed E-state index contributed by atoms with van der Waals surface area (Å²) in [7, 11) is 0. The maximum absolute atomic E-state index is 10.9. The Kier molecular flexibility index (Phi) is 6.70. The van der Waals surface area contributed by atoms with Gasteiger partial charge in [0.2, 0.25) is 0 Å². The fourth-order valence-electron chi connectivity index (χ4n) is 2.31. The van der Waals surface area contributed by atoms with Crippen molar-refractivity contribution in [1.82, 2.24) is 0 Å². The Morgan fingerprint density at radius 2 is 1.72 bits per heavy atom. The van der Waals surface area contributed by atoms with Crippen molar-refractivity contribution in [3.05, 3.63) is 35.4 Å². The molecule has 100 valence electrons. The van der Waals surface area contributed by atoms with Crippen molar-refractivity contribution in [3.8, 4) is 0 Å². The highest BCUT2D eigenvalue weighted by molar-refractivity contribution is 5.75. The lowest BCUT2D eigenvalue weighted by molar-refractivity contribution is -0.117. The van der Waals surface area contributed by atoms with E-state index in [2.05, 4.69) is 38.1 Å². The molecular formula is C17H26O. The summed E-state index contributed by atoms with van der Waals surface area (Å²) in [5.41, 5.74) is 2.99. The van der Waals surface area contributed by atoms with Crippen LogP contribution >= 0.6 is 0 Å². The molecule has 0 heterocycles. The van der Waals surface area contributed by atoms with Crippen LogP contribution in [0.2, 0.25) is 0 Å². The summed E-state index contributed by atoms with van der Waals surface area (Å²) in [6.45, 7) is 6.21. The molecule has 0 radical (unpaired) electrons. The van der Waals surface area contributed by atoms with Gasteiger partial charge in [0.15, 0.2) is 0 Å². The predicted molar refractivity (Wildman–Crippen MR) is 77.8 cm³/mol. The molecule has 0 unspecified atom stereocenters. The fourth-order valence-corrected chi connectivity index (χ4v) is 2.31. The summed E-state index contributed by atoms with van der Waals surface area (Å²) < 4.78 is 0. The number of Topliss-reactive ketones (excluding diaryl/α,β-unsaturated/α-hetero) is 1. The van der Waals surface area contributed by atoms with Crippen molar-refractivity contribution >= 4 is 5.78 Å². The zero-order valence-corrected chi connectivity index (χ0v) is 12.0. The molecule has 18 heavy (non-hydrogen) atoms. The van der Waals surface area contributed by atoms with Gasteiger partial charge in [0.05, 0.1) is 0 Å². The van der Waals surface area contributed by atoms with Crippen molar-refractivity contribution in [2.75, 3.05) is 0 Å². The van der Waals surface area contributed by atoms with Crippen LogP contribution in [0, 0.1) is 5.92 Å². The molecule has 0 aliphatic heterocycles. The molecule has 1 aromatic carbocycles. The first-order valence-electron chi connectivity index (χ1n) is 7.16. The van der Waals surface area contributed by atoms with E-state index in [0.29, 0.717) is 11.7 Å². The number of ketones is 1. The van der Waals surface area contributed by atoms with Crippen LogP contribution in [0.15, 0.2) is 24.3 Å². The number of carbonyl (C=O) groups excluding carboxylic acids is 1. The SMILES string of the molecule is CC(=O)CCCCCc1ccccc1CC(C)C. The van der Waals surface area contributed by atoms with E-state index in [9.17, 15) is 4.79 Å². The van der Waals surface area contributed by atoms with E-state index in [1.807, 2.05) is 0 Å². The molecule has 0 N–H and O–H groups in total. The van der Waals surface area contributed by atoms with Crippen molar-refractivity contribution in [1.29, 1.82) is 0 Å². The van der Waals surface area contributed by atoms with Gasteiger partial charge in [-0.25, -0.2) is 0 Å². The number of carbonyl (C=O) groups is 1. The molecule has 0 aliphatic carbocycles. The summed E-state index contributed by atoms with van der Waals surface area (Å²) >= 11 is 0. The Labute approximate surface area is 112 Å². The van der Waals surface area contributed by atoms with Gasteiger partial charge in [0.1, 0.15) is 5.78 Å². The van der Waals surface area contributed by atoms with Crippen molar-refractivity contribution in [2.24, 2.45) is 5.92 Å². The van der Waals surface area contributed by atoms with Crippen LogP contribution in [-0.4, -0.2) is 5.78 Å². The van der Waals surface area contributed by atoms with Gasteiger partial charge in [0.25, 0.3) is 0 Å². The van der Waals surface area contributed by atoms with Gasteiger partial charge < -0.3 is 4.79 Å². The zero-order valence-electron chi connectivity index (χ0n) is 12.0. The van der Waals surface area contributed by atoms with Crippen LogP contribution in [0.5, 0.6) is 0 Å². The second kappa shape index (κ2) is 8.07. The van der Waals surface area contributed by atoms with E-state index >= 15 is 0 Å². The standard InChI is InChI=1S/C17H26O/c1-14(2)13-17-12-8-7-11-16(17)10-6-4-5-9-15(3)18/h7-8,11-12,14H,4-6,9-10,13H2,1-3H3. The van der Waals surface area contributed by atoms with Gasteiger partial charge in [-0.2, -0.15) is 0 Å². The smallest absolute Gasteiger partial charge is 0.129 e. The lowest BCUT2D eigenvalue weighted by Crippen LogP contribution is -1.99. The lowest BCUT2D eigenvalue weighted by atomic mass is 9.95. The van der Waals surface area contributed by atoms with Crippen LogP contribution in [-0.2, 0) is 17.6 Å². The topological polar surface area (TPSA) is 17.1 Å². The van der Waals surface area contributed by atoms with Gasteiger partial charge in [-0.15, -0.1) is 0 Å². The van der Waals surface area contributed by atoms with E-state index in [1.165, 1.54) is 24.0 Å². The number of rotatable bonds is 8. The summed E-state index contributed by atoms with van der Waals surface area (Å²) in [6, 6.07) is 8.78. The molecular weight excluding hydrogens is 220 g/mol. The van der Waals surface area contributed by atoms with Crippen molar-refractivity contribution in [3.63, 3.8) is 0 Å². The van der Waals surface area contributed by atoms with Crippen LogP contribution in [0.4, 0.5) is 0 Å². The first-order chi connectivity index (χ1) is 8.59. The minimum atomic E-state index is 0.315. The minimum Gasteiger partial charge on any atom is -0.300 e. The second-order valence-electron chi connectivity index (χ2n) is 5.63. The fraction of sp³-hybridized carbons (Fsp3) is 0.588. The van der Waals surface area contributed by atoms with E-state index < -0.39 is 0 Å². The summed E-state index contributed by atoms with van der Waals surface area (Å²) in [4.78, 5) is 10.9. The van der Waals surface area contributed by atoms with Crippen molar-refractivity contribution < 1.29 is 4.79 Å². The Balaban J connectivity index is 2.39. The summed E-state index contributed by atoms with van der Waals surface area (Å²) in [5.74, 6) is 1.03. The summed E-state index contributed by atoms with van der Waals surface area (Å²) in [5, 5.41) is 0. The average Bonchev–Trinajstić information content (AvgIpc) is 2.29. The van der Waals surface area contributed by atoms with Gasteiger partial charge in [0, 0.05) is 6.42 Å². The largest absolute Gasteiger partial charge is 0.300 e. The predicted octanol–water partition coefficient (Wildman–Crippen LogP) is 4.58. The second-order valence-corrected chi connectivity index (χ2v) is 5.63.